The summed E-state index contributed by atoms with van der Waals surface area (Å²) >= 11 is 11.3. The normalized spacial score (nSPS) is 10.4. The van der Waals surface area contributed by atoms with Gasteiger partial charge in [0.05, 0.1) is 24.9 Å². The molecule has 2 N–H and O–H groups in total. The zero-order valence-electron chi connectivity index (χ0n) is 16.2. The molecule has 0 aliphatic rings. The van der Waals surface area contributed by atoms with Gasteiger partial charge in [-0.25, -0.2) is 0 Å². The number of anilines is 1. The van der Waals surface area contributed by atoms with Crippen LogP contribution in [0.1, 0.15) is 25.3 Å². The van der Waals surface area contributed by atoms with Crippen molar-refractivity contribution >= 4 is 40.5 Å². The molecular formula is C20H23ClN2O4S. The number of carbonyl (C=O) groups is 1. The van der Waals surface area contributed by atoms with Crippen LogP contribution >= 0.6 is 23.8 Å². The summed E-state index contributed by atoms with van der Waals surface area (Å²) in [6.07, 6.45) is 0. The van der Waals surface area contributed by atoms with Gasteiger partial charge in [-0.05, 0) is 35.8 Å². The average Bonchev–Trinajstić information content (AvgIpc) is 2.67. The zero-order chi connectivity index (χ0) is 20.7. The molecule has 0 unspecified atom stereocenters. The highest BCUT2D eigenvalue weighted by Crippen LogP contribution is 2.35. The maximum absolute atomic E-state index is 12.1. The van der Waals surface area contributed by atoms with Crippen molar-refractivity contribution in [2.75, 3.05) is 26.1 Å². The highest BCUT2D eigenvalue weighted by atomic mass is 35.5. The Kier molecular flexibility index (Phi) is 7.90. The average molecular weight is 423 g/mol. The fourth-order valence-corrected chi connectivity index (χ4v) is 2.83. The minimum atomic E-state index is -0.384. The highest BCUT2D eigenvalue weighted by molar-refractivity contribution is 7.80. The number of hydrogen-bond donors (Lipinski definition) is 2. The molecule has 2 aromatic rings. The third kappa shape index (κ3) is 6.00. The topological polar surface area (TPSA) is 68.8 Å². The largest absolute Gasteiger partial charge is 0.495 e. The summed E-state index contributed by atoms with van der Waals surface area (Å²) in [6, 6.07) is 10.9. The maximum atomic E-state index is 12.1. The van der Waals surface area contributed by atoms with Gasteiger partial charge in [0.2, 0.25) is 0 Å². The maximum Gasteiger partial charge on any atom is 0.264 e. The van der Waals surface area contributed by atoms with E-state index in [1.165, 1.54) is 19.8 Å². The van der Waals surface area contributed by atoms with Crippen molar-refractivity contribution in [2.24, 2.45) is 0 Å². The standard InChI is InChI=1S/C20H23ClN2O4S/c1-12(2)13-5-7-14(8-6-13)27-11-19(24)23-20(28)22-16-10-17(25-3)15(21)9-18(16)26-4/h5-10,12H,11H2,1-4H3,(H2,22,23,24,28). The summed E-state index contributed by atoms with van der Waals surface area (Å²) in [5.41, 5.74) is 1.72. The van der Waals surface area contributed by atoms with Crippen molar-refractivity contribution in [1.29, 1.82) is 0 Å². The monoisotopic (exact) mass is 422 g/mol. The molecule has 1 amide bonds. The molecule has 0 aliphatic carbocycles. The molecule has 0 heterocycles. The first kappa shape index (κ1) is 21.8. The van der Waals surface area contributed by atoms with Crippen molar-refractivity contribution in [3.8, 4) is 17.2 Å². The number of ether oxygens (including phenoxy) is 3. The Morgan fingerprint density at radius 2 is 1.75 bits per heavy atom. The van der Waals surface area contributed by atoms with Crippen LogP contribution in [-0.4, -0.2) is 31.8 Å². The molecule has 8 heteroatoms. The lowest BCUT2D eigenvalue weighted by Gasteiger charge is -2.15. The van der Waals surface area contributed by atoms with Gasteiger partial charge in [-0.2, -0.15) is 0 Å². The first-order valence-corrected chi connectivity index (χ1v) is 9.37. The van der Waals surface area contributed by atoms with E-state index >= 15 is 0 Å². The molecule has 6 nitrogen and oxygen atoms in total. The van der Waals surface area contributed by atoms with Crippen LogP contribution in [0.2, 0.25) is 5.02 Å². The second-order valence-corrected chi connectivity index (χ2v) is 7.02. The molecule has 28 heavy (non-hydrogen) atoms. The van der Waals surface area contributed by atoms with Crippen molar-refractivity contribution in [1.82, 2.24) is 5.32 Å². The Hall–Kier alpha value is -2.51. The molecule has 0 bridgehead atoms. The van der Waals surface area contributed by atoms with E-state index in [9.17, 15) is 4.79 Å². The van der Waals surface area contributed by atoms with E-state index in [-0.39, 0.29) is 17.6 Å². The molecule has 150 valence electrons. The lowest BCUT2D eigenvalue weighted by Crippen LogP contribution is -2.37. The summed E-state index contributed by atoms with van der Waals surface area (Å²) in [6.45, 7) is 4.06. The fraction of sp³-hybridized carbons (Fsp3) is 0.300. The summed E-state index contributed by atoms with van der Waals surface area (Å²) in [5.74, 6) is 1.58. The Morgan fingerprint density at radius 1 is 1.11 bits per heavy atom. The van der Waals surface area contributed by atoms with Crippen LogP contribution in [0.5, 0.6) is 17.2 Å². The zero-order valence-corrected chi connectivity index (χ0v) is 17.7. The first-order valence-electron chi connectivity index (χ1n) is 8.59. The van der Waals surface area contributed by atoms with Gasteiger partial charge >= 0.3 is 0 Å². The third-order valence-electron chi connectivity index (χ3n) is 3.89. The summed E-state index contributed by atoms with van der Waals surface area (Å²) in [7, 11) is 3.01. The van der Waals surface area contributed by atoms with Gasteiger partial charge in [-0.3, -0.25) is 10.1 Å². The van der Waals surface area contributed by atoms with Gasteiger partial charge in [-0.1, -0.05) is 37.6 Å². The van der Waals surface area contributed by atoms with Crippen LogP contribution in [0, 0.1) is 0 Å². The van der Waals surface area contributed by atoms with E-state index in [4.69, 9.17) is 38.0 Å². The van der Waals surface area contributed by atoms with Crippen molar-refractivity contribution < 1.29 is 19.0 Å². The Morgan fingerprint density at radius 3 is 2.32 bits per heavy atom. The highest BCUT2D eigenvalue weighted by Gasteiger charge is 2.13. The van der Waals surface area contributed by atoms with E-state index in [0.29, 0.717) is 33.9 Å². The minimum absolute atomic E-state index is 0.103. The Balaban J connectivity index is 1.91. The predicted molar refractivity (Wildman–Crippen MR) is 115 cm³/mol. The van der Waals surface area contributed by atoms with Gasteiger partial charge in [-0.15, -0.1) is 0 Å². The van der Waals surface area contributed by atoms with Crippen LogP contribution in [0.25, 0.3) is 0 Å². The lowest BCUT2D eigenvalue weighted by molar-refractivity contribution is -0.121. The molecule has 0 atom stereocenters. The van der Waals surface area contributed by atoms with Crippen LogP contribution in [-0.2, 0) is 4.79 Å². The molecule has 2 aromatic carbocycles. The second-order valence-electron chi connectivity index (χ2n) is 6.20. The van der Waals surface area contributed by atoms with E-state index in [0.717, 1.165) is 0 Å². The number of hydrogen-bond acceptors (Lipinski definition) is 5. The quantitative estimate of drug-likeness (QED) is 0.645. The molecule has 0 radical (unpaired) electrons. The van der Waals surface area contributed by atoms with Crippen molar-refractivity contribution in [3.63, 3.8) is 0 Å². The molecular weight excluding hydrogens is 400 g/mol. The van der Waals surface area contributed by atoms with Crippen molar-refractivity contribution in [3.05, 3.63) is 47.0 Å². The molecule has 0 fully saturated rings. The van der Waals surface area contributed by atoms with Crippen molar-refractivity contribution in [2.45, 2.75) is 19.8 Å². The van der Waals surface area contributed by atoms with Crippen LogP contribution in [0.4, 0.5) is 5.69 Å². The van der Waals surface area contributed by atoms with Gasteiger partial charge in [0, 0.05) is 12.1 Å². The van der Waals surface area contributed by atoms with Gasteiger partial charge in [0.1, 0.15) is 17.2 Å². The molecule has 0 saturated carbocycles. The fourth-order valence-electron chi connectivity index (χ4n) is 2.37. The van der Waals surface area contributed by atoms with E-state index in [1.807, 2.05) is 24.3 Å². The number of halogens is 1. The number of carbonyl (C=O) groups excluding carboxylic acids is 1. The summed E-state index contributed by atoms with van der Waals surface area (Å²) < 4.78 is 15.9. The number of nitrogens with one attached hydrogen (secondary N) is 2. The lowest BCUT2D eigenvalue weighted by atomic mass is 10.0. The van der Waals surface area contributed by atoms with E-state index < -0.39 is 0 Å². The number of rotatable bonds is 7. The Labute approximate surface area is 175 Å². The second kappa shape index (κ2) is 10.1. The predicted octanol–water partition coefficient (Wildman–Crippen LogP) is 4.37. The van der Waals surface area contributed by atoms with Gasteiger partial charge in [0.15, 0.2) is 11.7 Å². The SMILES string of the molecule is COc1cc(NC(=S)NC(=O)COc2ccc(C(C)C)cc2)c(OC)cc1Cl. The van der Waals surface area contributed by atoms with Crippen LogP contribution < -0.4 is 24.8 Å². The first-order chi connectivity index (χ1) is 13.3. The number of amides is 1. The molecule has 0 spiro atoms. The summed E-state index contributed by atoms with van der Waals surface area (Å²) in [4.78, 5) is 12.1. The third-order valence-corrected chi connectivity index (χ3v) is 4.39. The minimum Gasteiger partial charge on any atom is -0.495 e. The van der Waals surface area contributed by atoms with E-state index in [1.54, 1.807) is 12.1 Å². The number of thiocarbonyl (C=S) groups is 1. The summed E-state index contributed by atoms with van der Waals surface area (Å²) in [5, 5.41) is 5.95. The molecule has 0 aliphatic heterocycles. The number of methoxy groups -OCH3 is 2. The van der Waals surface area contributed by atoms with Crippen LogP contribution in [0.15, 0.2) is 36.4 Å². The Bertz CT molecular complexity index is 841. The number of benzene rings is 2. The van der Waals surface area contributed by atoms with Gasteiger partial charge in [0.25, 0.3) is 5.91 Å². The van der Waals surface area contributed by atoms with Crippen LogP contribution in [0.3, 0.4) is 0 Å². The molecule has 0 saturated heterocycles. The molecule has 2 rings (SSSR count). The van der Waals surface area contributed by atoms with Gasteiger partial charge < -0.3 is 19.5 Å². The van der Waals surface area contributed by atoms with E-state index in [2.05, 4.69) is 24.5 Å². The smallest absolute Gasteiger partial charge is 0.264 e. The molecule has 0 aromatic heterocycles.